The number of para-hydroxylation sites is 2. The molecule has 7 heteroatoms. The first-order valence-electron chi connectivity index (χ1n) is 11.2. The number of aryl methyl sites for hydroxylation is 1. The molecule has 0 unspecified atom stereocenters. The summed E-state index contributed by atoms with van der Waals surface area (Å²) in [6, 6.07) is 26.3. The predicted octanol–water partition coefficient (Wildman–Crippen LogP) is 5.64. The number of anilines is 2. The molecule has 1 atom stereocenters. The van der Waals surface area contributed by atoms with Crippen LogP contribution in [0.2, 0.25) is 0 Å². The minimum atomic E-state index is -0.258. The quantitative estimate of drug-likeness (QED) is 0.287. The molecule has 0 saturated heterocycles. The summed E-state index contributed by atoms with van der Waals surface area (Å²) in [5.74, 6) is 0.166. The highest BCUT2D eigenvalue weighted by Crippen LogP contribution is 2.26. The lowest BCUT2D eigenvalue weighted by Crippen LogP contribution is -2.31. The van der Waals surface area contributed by atoms with Gasteiger partial charge in [-0.15, -0.1) is 11.3 Å². The zero-order valence-electron chi connectivity index (χ0n) is 19.6. The lowest BCUT2D eigenvalue weighted by atomic mass is 10.0. The van der Waals surface area contributed by atoms with Crippen molar-refractivity contribution in [3.8, 4) is 5.75 Å². The number of carbonyl (C=O) groups is 2. The largest absolute Gasteiger partial charge is 0.495 e. The molecule has 35 heavy (non-hydrogen) atoms. The van der Waals surface area contributed by atoms with E-state index >= 15 is 0 Å². The lowest BCUT2D eigenvalue weighted by molar-refractivity contribution is -0.115. The molecule has 4 rings (SSSR count). The topological polar surface area (TPSA) is 79.5 Å². The van der Waals surface area contributed by atoms with Gasteiger partial charge < -0.3 is 15.4 Å². The van der Waals surface area contributed by atoms with Crippen LogP contribution in [0, 0.1) is 6.92 Å². The van der Waals surface area contributed by atoms with Crippen molar-refractivity contribution in [3.05, 3.63) is 112 Å². The average molecular weight is 486 g/mol. The number of rotatable bonds is 9. The molecule has 3 aromatic carbocycles. The van der Waals surface area contributed by atoms with Crippen molar-refractivity contribution in [2.45, 2.75) is 13.0 Å². The summed E-state index contributed by atoms with van der Waals surface area (Å²) in [4.78, 5) is 26.4. The van der Waals surface area contributed by atoms with Crippen LogP contribution in [-0.4, -0.2) is 25.5 Å². The van der Waals surface area contributed by atoms with Crippen LogP contribution in [0.5, 0.6) is 5.75 Å². The number of hydrogen-bond acceptors (Lipinski definition) is 5. The van der Waals surface area contributed by atoms with Crippen molar-refractivity contribution < 1.29 is 14.3 Å². The van der Waals surface area contributed by atoms with Gasteiger partial charge in [-0.3, -0.25) is 14.9 Å². The van der Waals surface area contributed by atoms with Crippen LogP contribution in [0.4, 0.5) is 11.4 Å². The molecule has 0 aliphatic carbocycles. The van der Waals surface area contributed by atoms with E-state index in [2.05, 4.69) is 53.2 Å². The van der Waals surface area contributed by atoms with E-state index in [0.717, 1.165) is 10.4 Å². The van der Waals surface area contributed by atoms with E-state index in [9.17, 15) is 9.59 Å². The van der Waals surface area contributed by atoms with Crippen LogP contribution in [0.3, 0.4) is 0 Å². The number of carbonyl (C=O) groups excluding carboxylic acids is 2. The molecule has 4 aromatic rings. The molecule has 3 N–H and O–H groups in total. The Bertz CT molecular complexity index is 1270. The third-order valence-corrected chi connectivity index (χ3v) is 6.43. The Morgan fingerprint density at radius 3 is 2.31 bits per heavy atom. The highest BCUT2D eigenvalue weighted by molar-refractivity contribution is 7.10. The molecule has 6 nitrogen and oxygen atoms in total. The van der Waals surface area contributed by atoms with Gasteiger partial charge in [-0.05, 0) is 60.3 Å². The van der Waals surface area contributed by atoms with Gasteiger partial charge in [-0.1, -0.05) is 48.0 Å². The zero-order chi connectivity index (χ0) is 24.6. The third kappa shape index (κ3) is 6.35. The molecule has 0 bridgehead atoms. The first-order chi connectivity index (χ1) is 17.0. The second-order valence-electron chi connectivity index (χ2n) is 8.02. The maximum Gasteiger partial charge on any atom is 0.255 e. The van der Waals surface area contributed by atoms with E-state index in [-0.39, 0.29) is 24.4 Å². The molecule has 0 aliphatic rings. The van der Waals surface area contributed by atoms with Crippen LogP contribution in [0.25, 0.3) is 0 Å². The predicted molar refractivity (Wildman–Crippen MR) is 141 cm³/mol. The molecule has 178 valence electrons. The average Bonchev–Trinajstić information content (AvgIpc) is 3.40. The van der Waals surface area contributed by atoms with Crippen molar-refractivity contribution in [1.29, 1.82) is 0 Å². The number of hydrogen-bond donors (Lipinski definition) is 3. The molecule has 1 heterocycles. The summed E-state index contributed by atoms with van der Waals surface area (Å²) in [5.41, 5.74) is 3.99. The van der Waals surface area contributed by atoms with Crippen molar-refractivity contribution in [1.82, 2.24) is 5.32 Å². The van der Waals surface area contributed by atoms with Gasteiger partial charge >= 0.3 is 0 Å². The van der Waals surface area contributed by atoms with Crippen molar-refractivity contribution in [2.75, 3.05) is 24.3 Å². The van der Waals surface area contributed by atoms with E-state index in [1.165, 1.54) is 5.56 Å². The highest BCUT2D eigenvalue weighted by Gasteiger charge is 2.16. The van der Waals surface area contributed by atoms with E-state index in [1.54, 1.807) is 54.8 Å². The number of ether oxygens (including phenoxy) is 1. The Morgan fingerprint density at radius 2 is 1.63 bits per heavy atom. The van der Waals surface area contributed by atoms with Crippen molar-refractivity contribution in [2.24, 2.45) is 0 Å². The summed E-state index contributed by atoms with van der Waals surface area (Å²) in [5, 5.41) is 11.1. The van der Waals surface area contributed by atoms with Crippen molar-refractivity contribution >= 4 is 34.5 Å². The first kappa shape index (κ1) is 24.2. The molecule has 2 amide bonds. The monoisotopic (exact) mass is 485 g/mol. The number of thiophene rings is 1. The van der Waals surface area contributed by atoms with Gasteiger partial charge in [0.1, 0.15) is 5.75 Å². The Hall–Kier alpha value is -3.94. The zero-order valence-corrected chi connectivity index (χ0v) is 20.4. The molecular weight excluding hydrogens is 458 g/mol. The van der Waals surface area contributed by atoms with Crippen molar-refractivity contribution in [3.63, 3.8) is 0 Å². The summed E-state index contributed by atoms with van der Waals surface area (Å²) in [6.45, 7) is 2.20. The van der Waals surface area contributed by atoms with Crippen LogP contribution in [0.15, 0.2) is 90.3 Å². The van der Waals surface area contributed by atoms with Gasteiger partial charge in [0.15, 0.2) is 0 Å². The van der Waals surface area contributed by atoms with E-state index < -0.39 is 0 Å². The number of methoxy groups -OCH3 is 1. The van der Waals surface area contributed by atoms with Crippen LogP contribution in [-0.2, 0) is 4.79 Å². The van der Waals surface area contributed by atoms with E-state index in [4.69, 9.17) is 4.74 Å². The maximum absolute atomic E-state index is 12.6. The summed E-state index contributed by atoms with van der Waals surface area (Å²) in [6.07, 6.45) is 0. The van der Waals surface area contributed by atoms with Gasteiger partial charge in [-0.25, -0.2) is 0 Å². The van der Waals surface area contributed by atoms with Gasteiger partial charge in [0, 0.05) is 16.1 Å². The van der Waals surface area contributed by atoms with Crippen LogP contribution < -0.4 is 20.7 Å². The number of benzene rings is 3. The lowest BCUT2D eigenvalue weighted by Gasteiger charge is -2.18. The normalized spacial score (nSPS) is 11.5. The molecule has 0 radical (unpaired) electrons. The molecule has 0 aliphatic heterocycles. The second-order valence-corrected chi connectivity index (χ2v) is 9.00. The molecule has 0 spiro atoms. The molecule has 1 aromatic heterocycles. The van der Waals surface area contributed by atoms with Crippen LogP contribution >= 0.6 is 11.3 Å². The molecule has 0 saturated carbocycles. The summed E-state index contributed by atoms with van der Waals surface area (Å²) >= 11 is 1.65. The fourth-order valence-corrected chi connectivity index (χ4v) is 4.47. The Labute approximate surface area is 209 Å². The summed E-state index contributed by atoms with van der Waals surface area (Å²) in [7, 11) is 1.56. The minimum Gasteiger partial charge on any atom is -0.495 e. The standard InChI is InChI=1S/C28H27N3O3S/c1-19-9-11-20(12-10-19)27(25-8-5-17-35-25)29-18-26(32)30-22-15-13-21(14-16-22)28(33)31-23-6-3-4-7-24(23)34-2/h3-17,27,29H,18H2,1-2H3,(H,30,32)(H,31,33)/t27-/m1/s1. The van der Waals surface area contributed by atoms with Crippen LogP contribution in [0.1, 0.15) is 32.4 Å². The smallest absolute Gasteiger partial charge is 0.255 e. The van der Waals surface area contributed by atoms with Gasteiger partial charge in [0.2, 0.25) is 5.91 Å². The Balaban J connectivity index is 1.35. The second kappa shape index (κ2) is 11.5. The molecule has 0 fully saturated rings. The SMILES string of the molecule is COc1ccccc1NC(=O)c1ccc(NC(=O)CN[C@H](c2ccc(C)cc2)c2cccs2)cc1. The Morgan fingerprint density at radius 1 is 0.886 bits per heavy atom. The fourth-order valence-electron chi connectivity index (χ4n) is 3.64. The van der Waals surface area contributed by atoms with Gasteiger partial charge in [0.05, 0.1) is 25.4 Å². The van der Waals surface area contributed by atoms with E-state index in [0.29, 0.717) is 22.7 Å². The number of nitrogens with one attached hydrogen (secondary N) is 3. The number of amides is 2. The Kier molecular flexibility index (Phi) is 7.92. The first-order valence-corrected chi connectivity index (χ1v) is 12.1. The highest BCUT2D eigenvalue weighted by atomic mass is 32.1. The minimum absolute atomic E-state index is 0.0672. The third-order valence-electron chi connectivity index (χ3n) is 5.49. The van der Waals surface area contributed by atoms with Gasteiger partial charge in [-0.2, -0.15) is 0 Å². The molecular formula is C28H27N3O3S. The maximum atomic E-state index is 12.6. The van der Waals surface area contributed by atoms with Gasteiger partial charge in [0.25, 0.3) is 5.91 Å². The van der Waals surface area contributed by atoms with E-state index in [1.807, 2.05) is 23.6 Å². The fraction of sp³-hybridized carbons (Fsp3) is 0.143. The summed E-state index contributed by atoms with van der Waals surface area (Å²) < 4.78 is 5.27.